The summed E-state index contributed by atoms with van der Waals surface area (Å²) in [6, 6.07) is -0.968. The van der Waals surface area contributed by atoms with Crippen LogP contribution in [0.1, 0.15) is 25.7 Å². The number of sulfonamides is 1. The zero-order valence-corrected chi connectivity index (χ0v) is 9.64. The molecule has 1 atom stereocenters. The van der Waals surface area contributed by atoms with Crippen LogP contribution < -0.4 is 4.72 Å². The quantitative estimate of drug-likeness (QED) is 0.791. The second-order valence-corrected chi connectivity index (χ2v) is 5.48. The van der Waals surface area contributed by atoms with Crippen molar-refractivity contribution in [1.82, 2.24) is 4.72 Å². The third-order valence-corrected chi connectivity index (χ3v) is 3.63. The Kier molecular flexibility index (Phi) is 4.31. The average Bonchev–Trinajstić information content (AvgIpc) is 2.40. The minimum absolute atomic E-state index is 0.257. The van der Waals surface area contributed by atoms with E-state index >= 15 is 0 Å². The van der Waals surface area contributed by atoms with E-state index in [2.05, 4.69) is 0 Å². The lowest BCUT2D eigenvalue weighted by atomic mass is 10.1. The standard InChI is InChI=1S/C9H12F3NO3S/c10-9(11,12)17(15,16)13-8-4-2-1-3-7(5-8)6-14/h5-6,8,13H,1-4H2. The highest BCUT2D eigenvalue weighted by Crippen LogP contribution is 2.24. The van der Waals surface area contributed by atoms with Gasteiger partial charge in [-0.05, 0) is 24.8 Å². The number of alkyl halides is 3. The molecule has 0 saturated heterocycles. The largest absolute Gasteiger partial charge is 0.511 e. The number of halogens is 3. The Labute approximate surface area is 96.9 Å². The fourth-order valence-corrected chi connectivity index (χ4v) is 2.29. The van der Waals surface area contributed by atoms with Crippen LogP contribution in [0.2, 0.25) is 0 Å². The predicted octanol–water partition coefficient (Wildman–Crippen LogP) is 1.49. The fraction of sp³-hybridized carbons (Fsp3) is 0.667. The van der Waals surface area contributed by atoms with Crippen LogP contribution in [0.25, 0.3) is 0 Å². The molecule has 0 aromatic heterocycles. The van der Waals surface area contributed by atoms with Crippen molar-refractivity contribution in [1.29, 1.82) is 0 Å². The molecule has 4 nitrogen and oxygen atoms in total. The molecule has 17 heavy (non-hydrogen) atoms. The van der Waals surface area contributed by atoms with Gasteiger partial charge in [0.15, 0.2) is 0 Å². The summed E-state index contributed by atoms with van der Waals surface area (Å²) in [6.45, 7) is 0. The summed E-state index contributed by atoms with van der Waals surface area (Å²) in [7, 11) is -5.36. The monoisotopic (exact) mass is 271 g/mol. The fourth-order valence-electron chi connectivity index (χ4n) is 1.58. The SMILES string of the molecule is O=CC1=CC(NS(=O)(=O)C(F)(F)F)CCCC1. The number of allylic oxidation sites excluding steroid dienone is 1. The van der Waals surface area contributed by atoms with E-state index in [0.717, 1.165) is 0 Å². The van der Waals surface area contributed by atoms with Crippen molar-refractivity contribution in [2.75, 3.05) is 0 Å². The van der Waals surface area contributed by atoms with Crippen molar-refractivity contribution in [3.8, 4) is 0 Å². The van der Waals surface area contributed by atoms with Crippen molar-refractivity contribution in [2.45, 2.75) is 37.2 Å². The molecular formula is C9H12F3NO3S. The van der Waals surface area contributed by atoms with Crippen LogP contribution in [0.5, 0.6) is 0 Å². The highest BCUT2D eigenvalue weighted by atomic mass is 32.2. The highest BCUT2D eigenvalue weighted by molar-refractivity contribution is 7.90. The first kappa shape index (κ1) is 14.2. The summed E-state index contributed by atoms with van der Waals surface area (Å²) < 4.78 is 59.7. The number of hydrogen-bond donors (Lipinski definition) is 1. The molecule has 0 heterocycles. The minimum Gasteiger partial charge on any atom is -0.298 e. The van der Waals surface area contributed by atoms with Crippen molar-refractivity contribution < 1.29 is 26.4 Å². The summed E-state index contributed by atoms with van der Waals surface area (Å²) in [5, 5.41) is 0. The molecule has 0 amide bonds. The Balaban J connectivity index is 2.84. The first-order chi connectivity index (χ1) is 7.76. The zero-order valence-electron chi connectivity index (χ0n) is 8.83. The molecular weight excluding hydrogens is 259 g/mol. The molecule has 0 saturated carbocycles. The Bertz CT molecular complexity index is 414. The van der Waals surface area contributed by atoms with Crippen LogP contribution >= 0.6 is 0 Å². The number of rotatable bonds is 3. The van der Waals surface area contributed by atoms with Gasteiger partial charge in [-0.2, -0.15) is 13.2 Å². The number of hydrogen-bond acceptors (Lipinski definition) is 3. The smallest absolute Gasteiger partial charge is 0.298 e. The predicted molar refractivity (Wildman–Crippen MR) is 54.5 cm³/mol. The van der Waals surface area contributed by atoms with E-state index in [1.165, 1.54) is 6.08 Å². The molecule has 1 rings (SSSR count). The second kappa shape index (κ2) is 5.18. The van der Waals surface area contributed by atoms with Gasteiger partial charge in [0.2, 0.25) is 0 Å². The third-order valence-electron chi connectivity index (χ3n) is 2.41. The maximum Gasteiger partial charge on any atom is 0.511 e. The number of nitrogens with one attached hydrogen (secondary N) is 1. The maximum absolute atomic E-state index is 12.1. The lowest BCUT2D eigenvalue weighted by molar-refractivity contribution is -0.105. The summed E-state index contributed by atoms with van der Waals surface area (Å²) >= 11 is 0. The Hall–Kier alpha value is -0.890. The van der Waals surface area contributed by atoms with Gasteiger partial charge in [0.25, 0.3) is 0 Å². The van der Waals surface area contributed by atoms with Crippen LogP contribution in [0, 0.1) is 0 Å². The van der Waals surface area contributed by atoms with Gasteiger partial charge < -0.3 is 0 Å². The number of carbonyl (C=O) groups excluding carboxylic acids is 1. The molecule has 0 radical (unpaired) electrons. The van der Waals surface area contributed by atoms with Gasteiger partial charge in [0.1, 0.15) is 6.29 Å². The number of aldehydes is 1. The summed E-state index contributed by atoms with van der Waals surface area (Å²) in [5.41, 5.74) is -4.99. The van der Waals surface area contributed by atoms with Gasteiger partial charge >= 0.3 is 15.5 Å². The van der Waals surface area contributed by atoms with Crippen LogP contribution in [-0.2, 0) is 14.8 Å². The molecule has 0 spiro atoms. The summed E-state index contributed by atoms with van der Waals surface area (Å²) in [4.78, 5) is 10.6. The van der Waals surface area contributed by atoms with E-state index in [1.807, 2.05) is 0 Å². The summed E-state index contributed by atoms with van der Waals surface area (Å²) in [5.74, 6) is 0. The van der Waals surface area contributed by atoms with E-state index in [1.54, 1.807) is 4.72 Å². The molecule has 0 bridgehead atoms. The molecule has 1 aliphatic rings. The lowest BCUT2D eigenvalue weighted by Crippen LogP contribution is -2.41. The molecule has 0 aliphatic heterocycles. The molecule has 98 valence electrons. The normalized spacial score (nSPS) is 22.8. The zero-order chi connectivity index (χ0) is 13.1. The molecule has 0 fully saturated rings. The Morgan fingerprint density at radius 2 is 2.00 bits per heavy atom. The maximum atomic E-state index is 12.1. The van der Waals surface area contributed by atoms with E-state index in [0.29, 0.717) is 31.1 Å². The molecule has 0 aromatic carbocycles. The van der Waals surface area contributed by atoms with Crippen LogP contribution in [0.15, 0.2) is 11.6 Å². The second-order valence-electron chi connectivity index (χ2n) is 3.78. The Morgan fingerprint density at radius 1 is 1.35 bits per heavy atom. The summed E-state index contributed by atoms with van der Waals surface area (Å²) in [6.07, 6.45) is 3.75. The Morgan fingerprint density at radius 3 is 2.53 bits per heavy atom. The molecule has 1 unspecified atom stereocenters. The minimum atomic E-state index is -5.36. The van der Waals surface area contributed by atoms with E-state index in [-0.39, 0.29) is 6.42 Å². The number of carbonyl (C=O) groups is 1. The van der Waals surface area contributed by atoms with Crippen molar-refractivity contribution in [3.63, 3.8) is 0 Å². The first-order valence-electron chi connectivity index (χ1n) is 5.01. The van der Waals surface area contributed by atoms with Gasteiger partial charge in [-0.1, -0.05) is 12.5 Å². The van der Waals surface area contributed by atoms with Gasteiger partial charge in [-0.3, -0.25) is 4.79 Å². The molecule has 0 aromatic rings. The van der Waals surface area contributed by atoms with Crippen LogP contribution in [0.4, 0.5) is 13.2 Å². The van der Waals surface area contributed by atoms with Crippen LogP contribution in [0.3, 0.4) is 0 Å². The molecule has 1 N–H and O–H groups in total. The van der Waals surface area contributed by atoms with Gasteiger partial charge in [-0.15, -0.1) is 0 Å². The average molecular weight is 271 g/mol. The van der Waals surface area contributed by atoms with Crippen molar-refractivity contribution in [3.05, 3.63) is 11.6 Å². The van der Waals surface area contributed by atoms with Crippen molar-refractivity contribution in [2.24, 2.45) is 0 Å². The lowest BCUT2D eigenvalue weighted by Gasteiger charge is -2.15. The third kappa shape index (κ3) is 3.81. The van der Waals surface area contributed by atoms with E-state index < -0.39 is 21.6 Å². The van der Waals surface area contributed by atoms with Gasteiger partial charge in [0.05, 0.1) is 0 Å². The topological polar surface area (TPSA) is 63.2 Å². The van der Waals surface area contributed by atoms with E-state index in [9.17, 15) is 26.4 Å². The molecule has 8 heteroatoms. The van der Waals surface area contributed by atoms with Gasteiger partial charge in [-0.25, -0.2) is 13.1 Å². The first-order valence-corrected chi connectivity index (χ1v) is 6.49. The van der Waals surface area contributed by atoms with Gasteiger partial charge in [0, 0.05) is 6.04 Å². The molecule has 1 aliphatic carbocycles. The van der Waals surface area contributed by atoms with Crippen molar-refractivity contribution >= 4 is 16.3 Å². The highest BCUT2D eigenvalue weighted by Gasteiger charge is 2.46. The van der Waals surface area contributed by atoms with Crippen LogP contribution in [-0.4, -0.2) is 26.3 Å². The van der Waals surface area contributed by atoms with E-state index in [4.69, 9.17) is 0 Å².